The summed E-state index contributed by atoms with van der Waals surface area (Å²) in [5, 5.41) is 11.9. The minimum atomic E-state index is 0.321. The molecule has 8 heteroatoms. The molecule has 0 aliphatic rings. The molecule has 0 spiro atoms. The molecule has 0 amide bonds. The molecule has 0 unspecified atom stereocenters. The summed E-state index contributed by atoms with van der Waals surface area (Å²) in [5.41, 5.74) is 3.81. The molecule has 0 saturated carbocycles. The number of nitrogens with zero attached hydrogens (tertiary/aromatic N) is 4. The van der Waals surface area contributed by atoms with Gasteiger partial charge in [0.15, 0.2) is 5.65 Å². The number of hydrogen-bond acceptors (Lipinski definition) is 6. The Balaban J connectivity index is 1.26. The molecular formula is C21H26N6O2. The lowest BCUT2D eigenvalue weighted by molar-refractivity contribution is 0.104. The maximum absolute atomic E-state index is 5.79. The standard InChI is InChI=1S/C21H26N6O2/c1-14(2)20-25-26-21-15(5-4-10-27(20)21)12-29-13-22-9-8-19-23-17-7-6-16(28-3)11-18(17)24-19/h4-7,10-11,14,22H,8-9,12-13H2,1-3H3,(H,23,24). The first kappa shape index (κ1) is 19.4. The van der Waals surface area contributed by atoms with Gasteiger partial charge in [0.05, 0.1) is 31.5 Å². The van der Waals surface area contributed by atoms with Crippen LogP contribution in [0.2, 0.25) is 0 Å². The number of fused-ring (bicyclic) bond motifs is 2. The fraction of sp³-hybridized carbons (Fsp3) is 0.381. The van der Waals surface area contributed by atoms with Crippen LogP contribution in [0.4, 0.5) is 0 Å². The smallest absolute Gasteiger partial charge is 0.166 e. The number of benzene rings is 1. The highest BCUT2D eigenvalue weighted by molar-refractivity contribution is 5.76. The van der Waals surface area contributed by atoms with Crippen molar-refractivity contribution in [1.82, 2.24) is 29.9 Å². The van der Waals surface area contributed by atoms with Gasteiger partial charge in [-0.15, -0.1) is 10.2 Å². The largest absolute Gasteiger partial charge is 0.497 e. The zero-order valence-corrected chi connectivity index (χ0v) is 17.0. The number of hydrogen-bond donors (Lipinski definition) is 2. The number of nitrogens with one attached hydrogen (secondary N) is 2. The van der Waals surface area contributed by atoms with Crippen LogP contribution >= 0.6 is 0 Å². The van der Waals surface area contributed by atoms with Crippen molar-refractivity contribution in [2.24, 2.45) is 0 Å². The van der Waals surface area contributed by atoms with Gasteiger partial charge in [-0.2, -0.15) is 0 Å². The van der Waals surface area contributed by atoms with E-state index in [-0.39, 0.29) is 0 Å². The van der Waals surface area contributed by atoms with E-state index in [0.29, 0.717) is 19.3 Å². The zero-order valence-electron chi connectivity index (χ0n) is 17.0. The summed E-state index contributed by atoms with van der Waals surface area (Å²) < 4.78 is 13.1. The second-order valence-corrected chi connectivity index (χ2v) is 7.25. The maximum Gasteiger partial charge on any atom is 0.166 e. The first-order valence-electron chi connectivity index (χ1n) is 9.79. The average molecular weight is 394 g/mol. The quantitative estimate of drug-likeness (QED) is 0.335. The van der Waals surface area contributed by atoms with Gasteiger partial charge in [-0.3, -0.25) is 9.72 Å². The summed E-state index contributed by atoms with van der Waals surface area (Å²) in [5.74, 6) is 3.04. The van der Waals surface area contributed by atoms with Crippen molar-refractivity contribution in [1.29, 1.82) is 0 Å². The molecule has 0 bridgehead atoms. The molecule has 3 aromatic heterocycles. The van der Waals surface area contributed by atoms with E-state index in [2.05, 4.69) is 39.3 Å². The molecule has 4 aromatic rings. The first-order valence-corrected chi connectivity index (χ1v) is 9.79. The third-order valence-electron chi connectivity index (χ3n) is 4.80. The lowest BCUT2D eigenvalue weighted by Crippen LogP contribution is -2.21. The molecule has 0 aliphatic heterocycles. The molecule has 152 valence electrons. The topological polar surface area (TPSA) is 89.4 Å². The average Bonchev–Trinajstić information content (AvgIpc) is 3.34. The molecular weight excluding hydrogens is 368 g/mol. The van der Waals surface area contributed by atoms with Crippen molar-refractivity contribution < 1.29 is 9.47 Å². The molecule has 2 N–H and O–H groups in total. The third-order valence-corrected chi connectivity index (χ3v) is 4.80. The molecule has 3 heterocycles. The SMILES string of the molecule is COc1ccc2nc(CCNCOCc3cccn4c(C(C)C)nnc34)[nH]c2c1. The first-order chi connectivity index (χ1) is 14.2. The van der Waals surface area contributed by atoms with Gasteiger partial charge in [0.25, 0.3) is 0 Å². The van der Waals surface area contributed by atoms with E-state index in [1.54, 1.807) is 7.11 Å². The van der Waals surface area contributed by atoms with E-state index in [4.69, 9.17) is 9.47 Å². The molecule has 8 nitrogen and oxygen atoms in total. The highest BCUT2D eigenvalue weighted by Gasteiger charge is 2.11. The zero-order chi connectivity index (χ0) is 20.2. The van der Waals surface area contributed by atoms with Gasteiger partial charge in [-0.1, -0.05) is 19.9 Å². The molecule has 4 rings (SSSR count). The van der Waals surface area contributed by atoms with E-state index in [1.165, 1.54) is 0 Å². The molecule has 0 radical (unpaired) electrons. The van der Waals surface area contributed by atoms with Crippen LogP contribution in [-0.2, 0) is 17.8 Å². The summed E-state index contributed by atoms with van der Waals surface area (Å²) in [6.45, 7) is 5.94. The fourth-order valence-corrected chi connectivity index (χ4v) is 3.29. The lowest BCUT2D eigenvalue weighted by Gasteiger charge is -2.08. The van der Waals surface area contributed by atoms with E-state index in [9.17, 15) is 0 Å². The Hall–Kier alpha value is -2.97. The molecule has 29 heavy (non-hydrogen) atoms. The van der Waals surface area contributed by atoms with E-state index >= 15 is 0 Å². The van der Waals surface area contributed by atoms with E-state index in [1.807, 2.05) is 40.9 Å². The molecule has 0 aliphatic carbocycles. The Kier molecular flexibility index (Phi) is 5.73. The van der Waals surface area contributed by atoms with Crippen molar-refractivity contribution in [3.8, 4) is 5.75 Å². The van der Waals surface area contributed by atoms with E-state index < -0.39 is 0 Å². The monoisotopic (exact) mass is 394 g/mol. The molecule has 0 atom stereocenters. The molecule has 1 aromatic carbocycles. The highest BCUT2D eigenvalue weighted by atomic mass is 16.5. The van der Waals surface area contributed by atoms with Crippen molar-refractivity contribution in [2.45, 2.75) is 32.8 Å². The Morgan fingerprint density at radius 2 is 2.10 bits per heavy atom. The van der Waals surface area contributed by atoms with Crippen molar-refractivity contribution in [3.05, 3.63) is 53.7 Å². The summed E-state index contributed by atoms with van der Waals surface area (Å²) in [4.78, 5) is 7.92. The van der Waals surface area contributed by atoms with Crippen LogP contribution in [0.3, 0.4) is 0 Å². The summed E-state index contributed by atoms with van der Waals surface area (Å²) >= 11 is 0. The van der Waals surface area contributed by atoms with Gasteiger partial charge < -0.3 is 14.5 Å². The number of methoxy groups -OCH3 is 1. The van der Waals surface area contributed by atoms with Crippen LogP contribution in [0, 0.1) is 0 Å². The van der Waals surface area contributed by atoms with Crippen LogP contribution in [0.1, 0.15) is 37.0 Å². The number of ether oxygens (including phenoxy) is 2. The van der Waals surface area contributed by atoms with Crippen LogP contribution in [0.15, 0.2) is 36.5 Å². The lowest BCUT2D eigenvalue weighted by atomic mass is 10.2. The number of pyridine rings is 1. The number of H-pyrrole nitrogens is 1. The van der Waals surface area contributed by atoms with Gasteiger partial charge >= 0.3 is 0 Å². The van der Waals surface area contributed by atoms with Crippen LogP contribution < -0.4 is 10.1 Å². The normalized spacial score (nSPS) is 11.7. The minimum absolute atomic E-state index is 0.321. The Morgan fingerprint density at radius 1 is 1.21 bits per heavy atom. The van der Waals surface area contributed by atoms with Crippen LogP contribution in [0.25, 0.3) is 16.7 Å². The van der Waals surface area contributed by atoms with Crippen LogP contribution in [-0.4, -0.2) is 45.0 Å². The Bertz CT molecular complexity index is 1100. The summed E-state index contributed by atoms with van der Waals surface area (Å²) in [6.07, 6.45) is 2.78. The second-order valence-electron chi connectivity index (χ2n) is 7.25. The Morgan fingerprint density at radius 3 is 2.93 bits per heavy atom. The van der Waals surface area contributed by atoms with E-state index in [0.717, 1.165) is 52.6 Å². The fourth-order valence-electron chi connectivity index (χ4n) is 3.29. The van der Waals surface area contributed by atoms with Crippen LogP contribution in [0.5, 0.6) is 5.75 Å². The summed E-state index contributed by atoms with van der Waals surface area (Å²) in [7, 11) is 1.66. The van der Waals surface area contributed by atoms with Gasteiger partial charge in [-0.25, -0.2) is 4.98 Å². The van der Waals surface area contributed by atoms with Gasteiger partial charge in [0.1, 0.15) is 17.4 Å². The third kappa shape index (κ3) is 4.23. The highest BCUT2D eigenvalue weighted by Crippen LogP contribution is 2.19. The predicted octanol–water partition coefficient (Wildman–Crippen LogP) is 3.04. The number of rotatable bonds is 9. The van der Waals surface area contributed by atoms with Crippen molar-refractivity contribution >= 4 is 16.7 Å². The van der Waals surface area contributed by atoms with Gasteiger partial charge in [0.2, 0.25) is 0 Å². The predicted molar refractivity (Wildman–Crippen MR) is 111 cm³/mol. The van der Waals surface area contributed by atoms with Gasteiger partial charge in [-0.05, 0) is 18.2 Å². The maximum atomic E-state index is 5.79. The molecule has 0 saturated heterocycles. The van der Waals surface area contributed by atoms with Crippen molar-refractivity contribution in [3.63, 3.8) is 0 Å². The number of imidazole rings is 1. The summed E-state index contributed by atoms with van der Waals surface area (Å²) in [6, 6.07) is 9.86. The minimum Gasteiger partial charge on any atom is -0.497 e. The number of aromatic amines is 1. The Labute approximate surface area is 169 Å². The second kappa shape index (κ2) is 8.59. The van der Waals surface area contributed by atoms with Gasteiger partial charge in [0, 0.05) is 36.7 Å². The number of aromatic nitrogens is 5. The van der Waals surface area contributed by atoms with Crippen molar-refractivity contribution in [2.75, 3.05) is 20.4 Å². The molecule has 0 fully saturated rings.